The molecule has 0 bridgehead atoms. The van der Waals surface area contributed by atoms with E-state index in [0.29, 0.717) is 31.1 Å². The van der Waals surface area contributed by atoms with E-state index >= 15 is 0 Å². The summed E-state index contributed by atoms with van der Waals surface area (Å²) in [5.41, 5.74) is 0. The van der Waals surface area contributed by atoms with Gasteiger partial charge in [0.25, 0.3) is 0 Å². The molecule has 1 aliphatic heterocycles. The van der Waals surface area contributed by atoms with Crippen LogP contribution in [0.3, 0.4) is 0 Å². The molecule has 1 unspecified atom stereocenters. The van der Waals surface area contributed by atoms with Crippen molar-refractivity contribution in [2.75, 3.05) is 26.2 Å². The number of nitrogens with one attached hydrogen (secondary N) is 1. The van der Waals surface area contributed by atoms with Gasteiger partial charge in [0.1, 0.15) is 0 Å². The number of nitrogens with zero attached hydrogens (tertiary/aromatic N) is 2. The maximum absolute atomic E-state index is 12.5. The predicted octanol–water partition coefficient (Wildman–Crippen LogP) is 1.89. The number of sulfonamides is 1. The maximum atomic E-state index is 12.5. The van der Waals surface area contributed by atoms with Crippen LogP contribution in [0, 0.1) is 0 Å². The van der Waals surface area contributed by atoms with Crippen molar-refractivity contribution >= 4 is 16.1 Å². The summed E-state index contributed by atoms with van der Waals surface area (Å²) in [6.07, 6.45) is 1.96. The van der Waals surface area contributed by atoms with Gasteiger partial charge in [-0.1, -0.05) is 31.5 Å². The first kappa shape index (κ1) is 17.7. The van der Waals surface area contributed by atoms with Crippen molar-refractivity contribution in [3.63, 3.8) is 0 Å². The Balaban J connectivity index is 1.92. The van der Waals surface area contributed by atoms with E-state index in [1.54, 1.807) is 35.2 Å². The third-order valence-electron chi connectivity index (χ3n) is 4.00. The molecule has 2 rings (SSSR count). The second-order valence-electron chi connectivity index (χ2n) is 5.84. The predicted molar refractivity (Wildman–Crippen MR) is 89.7 cm³/mol. The first-order valence-corrected chi connectivity index (χ1v) is 9.49. The van der Waals surface area contributed by atoms with Crippen LogP contribution in [-0.2, 0) is 10.0 Å². The number of carbonyl (C=O) groups excluding carboxylic acids is 1. The number of carbonyl (C=O) groups is 1. The Bertz CT molecular complexity index is 611. The molecular formula is C16H25N3O3S. The van der Waals surface area contributed by atoms with Gasteiger partial charge in [0.05, 0.1) is 4.90 Å². The highest BCUT2D eigenvalue weighted by molar-refractivity contribution is 7.89. The number of amides is 2. The van der Waals surface area contributed by atoms with Gasteiger partial charge in [-0.15, -0.1) is 0 Å². The lowest BCUT2D eigenvalue weighted by Gasteiger charge is -2.34. The second kappa shape index (κ2) is 7.79. The van der Waals surface area contributed by atoms with Crippen molar-refractivity contribution in [2.45, 2.75) is 37.6 Å². The highest BCUT2D eigenvalue weighted by Gasteiger charge is 2.30. The van der Waals surface area contributed by atoms with Gasteiger partial charge >= 0.3 is 6.03 Å². The van der Waals surface area contributed by atoms with Crippen LogP contribution in [0.5, 0.6) is 0 Å². The molecule has 7 heteroatoms. The van der Waals surface area contributed by atoms with E-state index < -0.39 is 10.0 Å². The molecule has 1 aliphatic rings. The van der Waals surface area contributed by atoms with Crippen LogP contribution in [-0.4, -0.2) is 55.9 Å². The zero-order valence-electron chi connectivity index (χ0n) is 13.7. The van der Waals surface area contributed by atoms with Gasteiger partial charge in [0.2, 0.25) is 10.0 Å². The Morgan fingerprint density at radius 2 is 1.78 bits per heavy atom. The quantitative estimate of drug-likeness (QED) is 0.890. The molecule has 1 fully saturated rings. The fourth-order valence-corrected chi connectivity index (χ4v) is 4.12. The molecule has 1 aromatic carbocycles. The highest BCUT2D eigenvalue weighted by Crippen LogP contribution is 2.17. The second-order valence-corrected chi connectivity index (χ2v) is 7.78. The fourth-order valence-electron chi connectivity index (χ4n) is 2.68. The Hall–Kier alpha value is -1.60. The van der Waals surface area contributed by atoms with Crippen LogP contribution < -0.4 is 5.32 Å². The molecule has 1 saturated heterocycles. The van der Waals surface area contributed by atoms with E-state index in [-0.39, 0.29) is 12.1 Å². The molecule has 128 valence electrons. The van der Waals surface area contributed by atoms with Gasteiger partial charge in [-0.2, -0.15) is 4.31 Å². The number of benzene rings is 1. The van der Waals surface area contributed by atoms with Gasteiger partial charge < -0.3 is 10.2 Å². The molecule has 0 saturated carbocycles. The minimum atomic E-state index is -3.47. The van der Waals surface area contributed by atoms with Crippen molar-refractivity contribution in [2.24, 2.45) is 0 Å². The van der Waals surface area contributed by atoms with Crippen LogP contribution in [0.15, 0.2) is 35.2 Å². The van der Waals surface area contributed by atoms with E-state index in [1.807, 2.05) is 6.92 Å². The summed E-state index contributed by atoms with van der Waals surface area (Å²) in [6, 6.07) is 8.44. The Morgan fingerprint density at radius 1 is 1.17 bits per heavy atom. The average molecular weight is 339 g/mol. The molecule has 6 nitrogen and oxygen atoms in total. The van der Waals surface area contributed by atoms with E-state index in [4.69, 9.17) is 0 Å². The molecule has 0 aromatic heterocycles. The summed E-state index contributed by atoms with van der Waals surface area (Å²) < 4.78 is 26.5. The van der Waals surface area contributed by atoms with E-state index in [9.17, 15) is 13.2 Å². The zero-order chi connectivity index (χ0) is 16.9. The first-order valence-electron chi connectivity index (χ1n) is 8.05. The summed E-state index contributed by atoms with van der Waals surface area (Å²) in [7, 11) is -3.47. The van der Waals surface area contributed by atoms with Gasteiger partial charge in [0, 0.05) is 32.2 Å². The molecular weight excluding hydrogens is 314 g/mol. The molecule has 1 N–H and O–H groups in total. The third-order valence-corrected chi connectivity index (χ3v) is 5.91. The van der Waals surface area contributed by atoms with Crippen LogP contribution in [0.1, 0.15) is 26.7 Å². The van der Waals surface area contributed by atoms with Crippen molar-refractivity contribution in [3.8, 4) is 0 Å². The van der Waals surface area contributed by atoms with Crippen LogP contribution in [0.25, 0.3) is 0 Å². The Kier molecular flexibility index (Phi) is 6.01. The lowest BCUT2D eigenvalue weighted by molar-refractivity contribution is 0.169. The molecule has 0 spiro atoms. The highest BCUT2D eigenvalue weighted by atomic mass is 32.2. The molecule has 0 aliphatic carbocycles. The molecule has 1 atom stereocenters. The largest absolute Gasteiger partial charge is 0.336 e. The summed E-state index contributed by atoms with van der Waals surface area (Å²) in [4.78, 5) is 14.1. The standard InChI is InChI=1S/C16H25N3O3S/c1-3-7-14(2)17-16(20)18-10-12-19(13-11-18)23(21,22)15-8-5-4-6-9-15/h4-6,8-9,14H,3,7,10-13H2,1-2H3,(H,17,20). The number of piperazine rings is 1. The number of urea groups is 1. The first-order chi connectivity index (χ1) is 10.9. The normalized spacial score (nSPS) is 17.7. The monoisotopic (exact) mass is 339 g/mol. The lowest BCUT2D eigenvalue weighted by atomic mass is 10.2. The minimum absolute atomic E-state index is 0.109. The molecule has 23 heavy (non-hydrogen) atoms. The molecule has 2 amide bonds. The van der Waals surface area contributed by atoms with Gasteiger partial charge in [-0.05, 0) is 25.5 Å². The van der Waals surface area contributed by atoms with E-state index in [0.717, 1.165) is 12.8 Å². The van der Waals surface area contributed by atoms with Crippen LogP contribution >= 0.6 is 0 Å². The molecule has 0 radical (unpaired) electrons. The summed E-state index contributed by atoms with van der Waals surface area (Å²) in [5.74, 6) is 0. The number of hydrogen-bond acceptors (Lipinski definition) is 3. The average Bonchev–Trinajstić information content (AvgIpc) is 2.56. The smallest absolute Gasteiger partial charge is 0.317 e. The van der Waals surface area contributed by atoms with Gasteiger partial charge in [0.15, 0.2) is 0 Å². The van der Waals surface area contributed by atoms with Crippen LogP contribution in [0.2, 0.25) is 0 Å². The topological polar surface area (TPSA) is 69.7 Å². The van der Waals surface area contributed by atoms with Gasteiger partial charge in [-0.3, -0.25) is 0 Å². The summed E-state index contributed by atoms with van der Waals surface area (Å²) in [6.45, 7) is 5.54. The number of hydrogen-bond donors (Lipinski definition) is 1. The van der Waals surface area contributed by atoms with E-state index in [2.05, 4.69) is 12.2 Å². The van der Waals surface area contributed by atoms with E-state index in [1.165, 1.54) is 4.31 Å². The fraction of sp³-hybridized carbons (Fsp3) is 0.562. The van der Waals surface area contributed by atoms with Crippen molar-refractivity contribution in [1.29, 1.82) is 0 Å². The third kappa shape index (κ3) is 4.45. The SMILES string of the molecule is CCCC(C)NC(=O)N1CCN(S(=O)(=O)c2ccccc2)CC1. The minimum Gasteiger partial charge on any atom is -0.336 e. The summed E-state index contributed by atoms with van der Waals surface area (Å²) in [5, 5.41) is 2.95. The molecule has 1 heterocycles. The Labute approximate surface area is 138 Å². The van der Waals surface area contributed by atoms with Crippen molar-refractivity contribution < 1.29 is 13.2 Å². The number of rotatable bonds is 5. The van der Waals surface area contributed by atoms with Crippen molar-refractivity contribution in [1.82, 2.24) is 14.5 Å². The van der Waals surface area contributed by atoms with Crippen molar-refractivity contribution in [3.05, 3.63) is 30.3 Å². The lowest BCUT2D eigenvalue weighted by Crippen LogP contribution is -2.54. The Morgan fingerprint density at radius 3 is 2.35 bits per heavy atom. The zero-order valence-corrected chi connectivity index (χ0v) is 14.6. The summed E-state index contributed by atoms with van der Waals surface area (Å²) >= 11 is 0. The molecule has 1 aromatic rings. The van der Waals surface area contributed by atoms with Gasteiger partial charge in [-0.25, -0.2) is 13.2 Å². The van der Waals surface area contributed by atoms with Crippen LogP contribution in [0.4, 0.5) is 4.79 Å². The maximum Gasteiger partial charge on any atom is 0.317 e.